The van der Waals surface area contributed by atoms with Gasteiger partial charge in [-0.2, -0.15) is 5.26 Å². The molecule has 0 amide bonds. The lowest BCUT2D eigenvalue weighted by Crippen LogP contribution is -1.93. The predicted molar refractivity (Wildman–Crippen MR) is 73.4 cm³/mol. The maximum absolute atomic E-state index is 9.08. The molecule has 0 aliphatic carbocycles. The summed E-state index contributed by atoms with van der Waals surface area (Å²) in [7, 11) is 1.57. The van der Waals surface area contributed by atoms with Crippen LogP contribution in [0.4, 0.5) is 5.69 Å². The SMILES string of the molecule is COc1ccc(C#N)c(Oc2ccc(N)cc2C)c1. The topological polar surface area (TPSA) is 68.3 Å². The number of nitrogen functional groups attached to an aromatic ring is 1. The van der Waals surface area contributed by atoms with Gasteiger partial charge in [-0.25, -0.2) is 0 Å². The highest BCUT2D eigenvalue weighted by atomic mass is 16.5. The van der Waals surface area contributed by atoms with Crippen molar-refractivity contribution in [1.29, 1.82) is 5.26 Å². The van der Waals surface area contributed by atoms with E-state index in [1.807, 2.05) is 13.0 Å². The van der Waals surface area contributed by atoms with E-state index in [4.69, 9.17) is 20.5 Å². The Bertz CT molecular complexity index is 645. The first-order valence-electron chi connectivity index (χ1n) is 5.76. The van der Waals surface area contributed by atoms with E-state index in [1.54, 1.807) is 37.4 Å². The van der Waals surface area contributed by atoms with Crippen molar-refractivity contribution in [2.75, 3.05) is 12.8 Å². The Morgan fingerprint density at radius 2 is 1.89 bits per heavy atom. The molecule has 0 unspecified atom stereocenters. The monoisotopic (exact) mass is 254 g/mol. The van der Waals surface area contributed by atoms with Crippen molar-refractivity contribution < 1.29 is 9.47 Å². The number of methoxy groups -OCH3 is 1. The van der Waals surface area contributed by atoms with Crippen LogP contribution in [-0.2, 0) is 0 Å². The summed E-state index contributed by atoms with van der Waals surface area (Å²) in [6.45, 7) is 1.90. The maximum Gasteiger partial charge on any atom is 0.148 e. The van der Waals surface area contributed by atoms with Gasteiger partial charge in [0, 0.05) is 11.8 Å². The summed E-state index contributed by atoms with van der Waals surface area (Å²) in [6.07, 6.45) is 0. The minimum Gasteiger partial charge on any atom is -0.497 e. The van der Waals surface area contributed by atoms with Gasteiger partial charge in [0.05, 0.1) is 12.7 Å². The number of rotatable bonds is 3. The third-order valence-electron chi connectivity index (χ3n) is 2.73. The molecule has 0 aliphatic heterocycles. The van der Waals surface area contributed by atoms with Gasteiger partial charge in [-0.05, 0) is 42.8 Å². The number of nitrogens with two attached hydrogens (primary N) is 1. The van der Waals surface area contributed by atoms with Crippen LogP contribution in [0.1, 0.15) is 11.1 Å². The van der Waals surface area contributed by atoms with E-state index in [0.717, 1.165) is 5.56 Å². The van der Waals surface area contributed by atoms with Crippen LogP contribution in [0.2, 0.25) is 0 Å². The number of benzene rings is 2. The number of ether oxygens (including phenoxy) is 2. The second-order valence-electron chi connectivity index (χ2n) is 4.10. The molecule has 19 heavy (non-hydrogen) atoms. The van der Waals surface area contributed by atoms with Crippen LogP contribution in [0, 0.1) is 18.3 Å². The zero-order valence-electron chi connectivity index (χ0n) is 10.8. The normalized spacial score (nSPS) is 9.74. The first-order valence-corrected chi connectivity index (χ1v) is 5.76. The molecule has 96 valence electrons. The largest absolute Gasteiger partial charge is 0.497 e. The van der Waals surface area contributed by atoms with Crippen LogP contribution in [0.5, 0.6) is 17.2 Å². The fourth-order valence-electron chi connectivity index (χ4n) is 1.71. The van der Waals surface area contributed by atoms with Gasteiger partial charge in [-0.15, -0.1) is 0 Å². The molecule has 0 aliphatic rings. The van der Waals surface area contributed by atoms with Crippen LogP contribution >= 0.6 is 0 Å². The average Bonchev–Trinajstić information content (AvgIpc) is 2.41. The zero-order valence-corrected chi connectivity index (χ0v) is 10.8. The van der Waals surface area contributed by atoms with Crippen molar-refractivity contribution >= 4 is 5.69 Å². The van der Waals surface area contributed by atoms with E-state index in [-0.39, 0.29) is 0 Å². The lowest BCUT2D eigenvalue weighted by molar-refractivity contribution is 0.408. The third kappa shape index (κ3) is 2.78. The summed E-state index contributed by atoms with van der Waals surface area (Å²) in [6, 6.07) is 12.5. The van der Waals surface area contributed by atoms with E-state index in [0.29, 0.717) is 28.5 Å². The fourth-order valence-corrected chi connectivity index (χ4v) is 1.71. The van der Waals surface area contributed by atoms with Gasteiger partial charge in [0.1, 0.15) is 23.3 Å². The van der Waals surface area contributed by atoms with E-state index < -0.39 is 0 Å². The predicted octanol–water partition coefficient (Wildman–Crippen LogP) is 3.25. The second-order valence-corrected chi connectivity index (χ2v) is 4.10. The summed E-state index contributed by atoms with van der Waals surface area (Å²) in [5.74, 6) is 1.77. The molecule has 0 heterocycles. The molecule has 0 atom stereocenters. The highest BCUT2D eigenvalue weighted by Crippen LogP contribution is 2.31. The lowest BCUT2D eigenvalue weighted by atomic mass is 10.2. The number of anilines is 1. The molecule has 0 spiro atoms. The Balaban J connectivity index is 2.39. The molecule has 2 aromatic carbocycles. The van der Waals surface area contributed by atoms with Gasteiger partial charge in [0.25, 0.3) is 0 Å². The maximum atomic E-state index is 9.08. The highest BCUT2D eigenvalue weighted by molar-refractivity contribution is 5.52. The molecule has 0 bridgehead atoms. The Morgan fingerprint density at radius 1 is 1.11 bits per heavy atom. The number of aryl methyl sites for hydroxylation is 1. The summed E-state index contributed by atoms with van der Waals surface area (Å²) < 4.78 is 10.9. The molecular formula is C15H14N2O2. The Hall–Kier alpha value is -2.67. The molecule has 4 heteroatoms. The summed E-state index contributed by atoms with van der Waals surface area (Å²) >= 11 is 0. The first kappa shape index (κ1) is 12.8. The number of hydrogen-bond acceptors (Lipinski definition) is 4. The van der Waals surface area contributed by atoms with Gasteiger partial charge < -0.3 is 15.2 Å². The molecule has 0 fully saturated rings. The van der Waals surface area contributed by atoms with E-state index in [1.165, 1.54) is 0 Å². The molecular weight excluding hydrogens is 240 g/mol. The van der Waals surface area contributed by atoms with E-state index in [2.05, 4.69) is 6.07 Å². The minimum atomic E-state index is 0.456. The molecule has 2 rings (SSSR count). The van der Waals surface area contributed by atoms with Crippen LogP contribution in [-0.4, -0.2) is 7.11 Å². The van der Waals surface area contributed by atoms with Crippen LogP contribution in [0.25, 0.3) is 0 Å². The number of hydrogen-bond donors (Lipinski definition) is 1. The second kappa shape index (κ2) is 5.32. The van der Waals surface area contributed by atoms with Crippen molar-refractivity contribution in [3.63, 3.8) is 0 Å². The Morgan fingerprint density at radius 3 is 2.53 bits per heavy atom. The Labute approximate surface area is 112 Å². The lowest BCUT2D eigenvalue weighted by Gasteiger charge is -2.11. The van der Waals surface area contributed by atoms with Gasteiger partial charge in [0.15, 0.2) is 0 Å². The minimum absolute atomic E-state index is 0.456. The third-order valence-corrected chi connectivity index (χ3v) is 2.73. The zero-order chi connectivity index (χ0) is 13.8. The van der Waals surface area contributed by atoms with Crippen molar-refractivity contribution in [2.24, 2.45) is 0 Å². The molecule has 4 nitrogen and oxygen atoms in total. The van der Waals surface area contributed by atoms with Crippen LogP contribution < -0.4 is 15.2 Å². The van der Waals surface area contributed by atoms with E-state index in [9.17, 15) is 0 Å². The standard InChI is InChI=1S/C15H14N2O2/c1-10-7-12(17)4-6-14(10)19-15-8-13(18-2)5-3-11(15)9-16/h3-8H,17H2,1-2H3. The molecule has 2 N–H and O–H groups in total. The van der Waals surface area contributed by atoms with E-state index >= 15 is 0 Å². The molecule has 0 saturated carbocycles. The van der Waals surface area contributed by atoms with Gasteiger partial charge >= 0.3 is 0 Å². The first-order chi connectivity index (χ1) is 9.13. The number of nitrogens with zero attached hydrogens (tertiary/aromatic N) is 1. The smallest absolute Gasteiger partial charge is 0.148 e. The summed E-state index contributed by atoms with van der Waals surface area (Å²) in [5, 5.41) is 9.08. The quantitative estimate of drug-likeness (QED) is 0.854. The summed E-state index contributed by atoms with van der Waals surface area (Å²) in [4.78, 5) is 0. The molecule has 0 aromatic heterocycles. The van der Waals surface area contributed by atoms with Gasteiger partial charge in [-0.3, -0.25) is 0 Å². The van der Waals surface area contributed by atoms with Crippen LogP contribution in [0.15, 0.2) is 36.4 Å². The molecule has 0 saturated heterocycles. The van der Waals surface area contributed by atoms with Crippen molar-refractivity contribution in [3.8, 4) is 23.3 Å². The van der Waals surface area contributed by atoms with Gasteiger partial charge in [-0.1, -0.05) is 0 Å². The molecule has 0 radical (unpaired) electrons. The van der Waals surface area contributed by atoms with Crippen LogP contribution in [0.3, 0.4) is 0 Å². The van der Waals surface area contributed by atoms with Crippen molar-refractivity contribution in [3.05, 3.63) is 47.5 Å². The highest BCUT2D eigenvalue weighted by Gasteiger charge is 2.08. The number of nitriles is 1. The van der Waals surface area contributed by atoms with Crippen molar-refractivity contribution in [2.45, 2.75) is 6.92 Å². The average molecular weight is 254 g/mol. The fraction of sp³-hybridized carbons (Fsp3) is 0.133. The van der Waals surface area contributed by atoms with Crippen molar-refractivity contribution in [1.82, 2.24) is 0 Å². The summed E-state index contributed by atoms with van der Waals surface area (Å²) in [5.41, 5.74) is 7.74. The Kier molecular flexibility index (Phi) is 3.58. The van der Waals surface area contributed by atoms with Gasteiger partial charge in [0.2, 0.25) is 0 Å². The molecule has 2 aromatic rings.